The maximum Gasteiger partial charge on any atom is 0.309 e. The Hall–Kier alpha value is -1.88. The standard InChI is InChI=1S/C19H28O5/c1-24-18(15-11-7-6-8-12-15)16(19(22)23)13-9-4-2-3-5-10-14-17(20)21/h6-8,11-12,16,18H,2-5,9-10,13-14H2,1H3,(H,20,21)(H,22,23). The van der Waals surface area contributed by atoms with Gasteiger partial charge in [-0.2, -0.15) is 0 Å². The van der Waals surface area contributed by atoms with Crippen LogP contribution in [0.3, 0.4) is 0 Å². The van der Waals surface area contributed by atoms with E-state index in [0.29, 0.717) is 12.8 Å². The highest BCUT2D eigenvalue weighted by Gasteiger charge is 2.28. The number of ether oxygens (including phenoxy) is 1. The highest BCUT2D eigenvalue weighted by atomic mass is 16.5. The molecule has 0 aliphatic carbocycles. The second-order valence-corrected chi connectivity index (χ2v) is 6.07. The molecule has 0 heterocycles. The molecule has 0 bridgehead atoms. The largest absolute Gasteiger partial charge is 0.481 e. The van der Waals surface area contributed by atoms with Crippen LogP contribution in [0.25, 0.3) is 0 Å². The van der Waals surface area contributed by atoms with Gasteiger partial charge in [0.2, 0.25) is 0 Å². The highest BCUT2D eigenvalue weighted by molar-refractivity contribution is 5.71. The number of carbonyl (C=O) groups is 2. The van der Waals surface area contributed by atoms with Crippen molar-refractivity contribution in [3.63, 3.8) is 0 Å². The van der Waals surface area contributed by atoms with Crippen LogP contribution < -0.4 is 0 Å². The first-order valence-corrected chi connectivity index (χ1v) is 8.58. The van der Waals surface area contributed by atoms with Crippen molar-refractivity contribution < 1.29 is 24.5 Å². The number of carboxylic acid groups (broad SMARTS) is 2. The molecule has 0 saturated heterocycles. The smallest absolute Gasteiger partial charge is 0.309 e. The van der Waals surface area contributed by atoms with Crippen molar-refractivity contribution in [2.75, 3.05) is 7.11 Å². The number of methoxy groups -OCH3 is 1. The fraction of sp³-hybridized carbons (Fsp3) is 0.579. The van der Waals surface area contributed by atoms with Crippen LogP contribution in [0.2, 0.25) is 0 Å². The average Bonchev–Trinajstić information content (AvgIpc) is 2.56. The first-order valence-electron chi connectivity index (χ1n) is 8.58. The van der Waals surface area contributed by atoms with Gasteiger partial charge in [0.25, 0.3) is 0 Å². The van der Waals surface area contributed by atoms with Crippen molar-refractivity contribution >= 4 is 11.9 Å². The highest BCUT2D eigenvalue weighted by Crippen LogP contribution is 2.30. The number of aliphatic carboxylic acids is 2. The van der Waals surface area contributed by atoms with Crippen molar-refractivity contribution in [2.45, 2.75) is 57.5 Å². The third kappa shape index (κ3) is 7.59. The summed E-state index contributed by atoms with van der Waals surface area (Å²) in [5.74, 6) is -2.12. The van der Waals surface area contributed by atoms with E-state index in [9.17, 15) is 14.7 Å². The van der Waals surface area contributed by atoms with E-state index in [1.165, 1.54) is 0 Å². The molecular weight excluding hydrogens is 308 g/mol. The molecule has 2 unspecified atom stereocenters. The molecule has 5 heteroatoms. The Bertz CT molecular complexity index is 486. The predicted octanol–water partition coefficient (Wildman–Crippen LogP) is 4.28. The minimum Gasteiger partial charge on any atom is -0.481 e. The first kappa shape index (κ1) is 20.2. The van der Waals surface area contributed by atoms with Gasteiger partial charge in [0.1, 0.15) is 0 Å². The number of carboxylic acids is 2. The van der Waals surface area contributed by atoms with E-state index in [2.05, 4.69) is 0 Å². The maximum atomic E-state index is 11.6. The third-order valence-electron chi connectivity index (χ3n) is 4.22. The van der Waals surface area contributed by atoms with Crippen LogP contribution in [-0.4, -0.2) is 29.3 Å². The van der Waals surface area contributed by atoms with Crippen LogP contribution >= 0.6 is 0 Å². The SMILES string of the molecule is COC(c1ccccc1)C(CCCCCCCCC(=O)O)C(=O)O. The Morgan fingerprint density at radius 2 is 1.54 bits per heavy atom. The zero-order valence-corrected chi connectivity index (χ0v) is 14.3. The van der Waals surface area contributed by atoms with Crippen LogP contribution in [-0.2, 0) is 14.3 Å². The molecule has 0 amide bonds. The van der Waals surface area contributed by atoms with Gasteiger partial charge in [-0.05, 0) is 18.4 Å². The predicted molar refractivity (Wildman–Crippen MR) is 91.9 cm³/mol. The summed E-state index contributed by atoms with van der Waals surface area (Å²) in [5.41, 5.74) is 0.890. The molecule has 5 nitrogen and oxygen atoms in total. The lowest BCUT2D eigenvalue weighted by molar-refractivity contribution is -0.147. The number of hydrogen-bond donors (Lipinski definition) is 2. The summed E-state index contributed by atoms with van der Waals surface area (Å²) in [6.45, 7) is 0. The summed E-state index contributed by atoms with van der Waals surface area (Å²) in [6, 6.07) is 9.46. The van der Waals surface area contributed by atoms with Crippen LogP contribution in [0.4, 0.5) is 0 Å². The second-order valence-electron chi connectivity index (χ2n) is 6.07. The molecule has 0 aliphatic heterocycles. The van der Waals surface area contributed by atoms with Crippen LogP contribution in [0.1, 0.15) is 63.0 Å². The van der Waals surface area contributed by atoms with E-state index >= 15 is 0 Å². The van der Waals surface area contributed by atoms with Crippen LogP contribution in [0, 0.1) is 5.92 Å². The lowest BCUT2D eigenvalue weighted by Crippen LogP contribution is -2.23. The monoisotopic (exact) mass is 336 g/mol. The number of benzene rings is 1. The van der Waals surface area contributed by atoms with Gasteiger partial charge in [-0.15, -0.1) is 0 Å². The average molecular weight is 336 g/mol. The van der Waals surface area contributed by atoms with Gasteiger partial charge in [0.15, 0.2) is 0 Å². The molecular formula is C19H28O5. The fourth-order valence-electron chi connectivity index (χ4n) is 2.93. The molecule has 0 spiro atoms. The van der Waals surface area contributed by atoms with Gasteiger partial charge in [0, 0.05) is 13.5 Å². The molecule has 24 heavy (non-hydrogen) atoms. The molecule has 0 saturated carbocycles. The van der Waals surface area contributed by atoms with Crippen molar-refractivity contribution in [2.24, 2.45) is 5.92 Å². The first-order chi connectivity index (χ1) is 11.6. The van der Waals surface area contributed by atoms with Crippen LogP contribution in [0.15, 0.2) is 30.3 Å². The van der Waals surface area contributed by atoms with Crippen LogP contribution in [0.5, 0.6) is 0 Å². The second kappa shape index (κ2) is 11.6. The van der Waals surface area contributed by atoms with E-state index < -0.39 is 24.0 Å². The third-order valence-corrected chi connectivity index (χ3v) is 4.22. The Morgan fingerprint density at radius 1 is 0.958 bits per heavy atom. The summed E-state index contributed by atoms with van der Waals surface area (Å²) < 4.78 is 5.46. The zero-order valence-electron chi connectivity index (χ0n) is 14.3. The quantitative estimate of drug-likeness (QED) is 0.525. The van der Waals surface area contributed by atoms with Gasteiger partial charge in [0.05, 0.1) is 12.0 Å². The normalized spacial score (nSPS) is 13.4. The van der Waals surface area contributed by atoms with Crippen molar-refractivity contribution in [1.29, 1.82) is 0 Å². The van der Waals surface area contributed by atoms with Gasteiger partial charge in [-0.1, -0.05) is 62.4 Å². The van der Waals surface area contributed by atoms with E-state index in [0.717, 1.165) is 37.7 Å². The number of rotatable bonds is 13. The lowest BCUT2D eigenvalue weighted by atomic mass is 9.90. The summed E-state index contributed by atoms with van der Waals surface area (Å²) in [5, 5.41) is 18.1. The van der Waals surface area contributed by atoms with E-state index in [4.69, 9.17) is 9.84 Å². The maximum absolute atomic E-state index is 11.6. The van der Waals surface area contributed by atoms with Gasteiger partial charge in [-0.3, -0.25) is 9.59 Å². The molecule has 0 fully saturated rings. The van der Waals surface area contributed by atoms with Crippen molar-refractivity contribution in [1.82, 2.24) is 0 Å². The summed E-state index contributed by atoms with van der Waals surface area (Å²) in [6.07, 6.45) is 5.81. The Labute approximate surface area is 143 Å². The molecule has 1 aromatic rings. The summed E-state index contributed by atoms with van der Waals surface area (Å²) >= 11 is 0. The fourth-order valence-corrected chi connectivity index (χ4v) is 2.93. The minimum atomic E-state index is -0.827. The topological polar surface area (TPSA) is 83.8 Å². The molecule has 0 aliphatic rings. The zero-order chi connectivity index (χ0) is 17.8. The lowest BCUT2D eigenvalue weighted by Gasteiger charge is -2.23. The molecule has 2 atom stereocenters. The molecule has 1 aromatic carbocycles. The minimum absolute atomic E-state index is 0.230. The van der Waals surface area contributed by atoms with E-state index in [1.807, 2.05) is 30.3 Å². The number of unbranched alkanes of at least 4 members (excludes halogenated alkanes) is 5. The van der Waals surface area contributed by atoms with Gasteiger partial charge < -0.3 is 14.9 Å². The number of hydrogen-bond acceptors (Lipinski definition) is 3. The summed E-state index contributed by atoms with van der Waals surface area (Å²) in [4.78, 5) is 22.0. The van der Waals surface area contributed by atoms with E-state index in [-0.39, 0.29) is 6.42 Å². The Balaban J connectivity index is 2.35. The molecule has 0 radical (unpaired) electrons. The molecule has 1 rings (SSSR count). The van der Waals surface area contributed by atoms with Crippen molar-refractivity contribution in [3.05, 3.63) is 35.9 Å². The Kier molecular flexibility index (Phi) is 9.77. The van der Waals surface area contributed by atoms with Gasteiger partial charge in [-0.25, -0.2) is 0 Å². The molecule has 134 valence electrons. The Morgan fingerprint density at radius 3 is 2.08 bits per heavy atom. The molecule has 0 aromatic heterocycles. The molecule has 2 N–H and O–H groups in total. The van der Waals surface area contributed by atoms with Crippen molar-refractivity contribution in [3.8, 4) is 0 Å². The van der Waals surface area contributed by atoms with E-state index in [1.54, 1.807) is 7.11 Å². The summed E-state index contributed by atoms with van der Waals surface area (Å²) in [7, 11) is 1.55. The van der Waals surface area contributed by atoms with Gasteiger partial charge >= 0.3 is 11.9 Å².